The van der Waals surface area contributed by atoms with Crippen LogP contribution in [0.2, 0.25) is 10.0 Å². The first kappa shape index (κ1) is 14.0. The molecular weight excluding hydrogens is 309 g/mol. The first-order valence-electron chi connectivity index (χ1n) is 6.46. The van der Waals surface area contributed by atoms with Crippen molar-refractivity contribution in [1.82, 2.24) is 0 Å². The van der Waals surface area contributed by atoms with E-state index in [0.717, 1.165) is 17.7 Å². The fourth-order valence-corrected chi connectivity index (χ4v) is 2.98. The minimum atomic E-state index is -0.211. The van der Waals surface area contributed by atoms with Gasteiger partial charge in [-0.1, -0.05) is 23.2 Å². The first-order chi connectivity index (χ1) is 10.0. The molecule has 0 atom stereocenters. The summed E-state index contributed by atoms with van der Waals surface area (Å²) < 4.78 is 0. The van der Waals surface area contributed by atoms with Crippen LogP contribution in [0.5, 0.6) is 0 Å². The van der Waals surface area contributed by atoms with Crippen molar-refractivity contribution in [3.8, 4) is 0 Å². The Balaban J connectivity index is 1.81. The van der Waals surface area contributed by atoms with Crippen LogP contribution in [0.15, 0.2) is 36.4 Å². The zero-order chi connectivity index (χ0) is 15.0. The van der Waals surface area contributed by atoms with E-state index in [0.29, 0.717) is 28.0 Å². The van der Waals surface area contributed by atoms with Crippen molar-refractivity contribution in [2.75, 3.05) is 22.5 Å². The van der Waals surface area contributed by atoms with E-state index in [1.807, 2.05) is 12.1 Å². The third-order valence-electron chi connectivity index (χ3n) is 3.36. The van der Waals surface area contributed by atoms with Crippen LogP contribution in [0.25, 0.3) is 0 Å². The third-order valence-corrected chi connectivity index (χ3v) is 3.79. The van der Waals surface area contributed by atoms with Gasteiger partial charge in [-0.25, -0.2) is 4.79 Å². The van der Waals surface area contributed by atoms with Crippen LogP contribution >= 0.6 is 23.2 Å². The van der Waals surface area contributed by atoms with Gasteiger partial charge in [-0.2, -0.15) is 0 Å². The molecule has 21 heavy (non-hydrogen) atoms. The van der Waals surface area contributed by atoms with Gasteiger partial charge in [-0.3, -0.25) is 4.90 Å². The van der Waals surface area contributed by atoms with Gasteiger partial charge in [0.15, 0.2) is 0 Å². The molecule has 2 aromatic rings. The lowest BCUT2D eigenvalue weighted by Gasteiger charge is -2.18. The standard InChI is InChI=1S/C15H13Cl2N3O/c16-10-6-11(17)8-13(7-10)19-15(21)20-4-3-9-5-12(18)1-2-14(9)20/h1-2,5-8H,3-4,18H2,(H,19,21). The Morgan fingerprint density at radius 3 is 2.57 bits per heavy atom. The molecule has 1 aliphatic rings. The number of halogens is 2. The number of hydrogen-bond donors (Lipinski definition) is 2. The van der Waals surface area contributed by atoms with Gasteiger partial charge in [0.05, 0.1) is 0 Å². The van der Waals surface area contributed by atoms with Crippen LogP contribution in [0.3, 0.4) is 0 Å². The minimum Gasteiger partial charge on any atom is -0.399 e. The van der Waals surface area contributed by atoms with E-state index in [-0.39, 0.29) is 6.03 Å². The molecule has 0 aliphatic carbocycles. The molecule has 6 heteroatoms. The molecule has 0 bridgehead atoms. The molecule has 0 unspecified atom stereocenters. The maximum absolute atomic E-state index is 12.4. The largest absolute Gasteiger partial charge is 0.399 e. The van der Waals surface area contributed by atoms with E-state index in [4.69, 9.17) is 28.9 Å². The molecule has 2 aromatic carbocycles. The van der Waals surface area contributed by atoms with Gasteiger partial charge in [0, 0.05) is 33.7 Å². The van der Waals surface area contributed by atoms with E-state index in [2.05, 4.69) is 5.32 Å². The highest BCUT2D eigenvalue weighted by atomic mass is 35.5. The molecule has 0 radical (unpaired) electrons. The number of nitrogens with zero attached hydrogens (tertiary/aromatic N) is 1. The number of benzene rings is 2. The van der Waals surface area contributed by atoms with Gasteiger partial charge >= 0.3 is 6.03 Å². The number of anilines is 3. The smallest absolute Gasteiger partial charge is 0.326 e. The molecule has 4 nitrogen and oxygen atoms in total. The lowest BCUT2D eigenvalue weighted by atomic mass is 10.1. The van der Waals surface area contributed by atoms with Gasteiger partial charge in [0.2, 0.25) is 0 Å². The van der Waals surface area contributed by atoms with E-state index < -0.39 is 0 Å². The SMILES string of the molecule is Nc1ccc2c(c1)CCN2C(=O)Nc1cc(Cl)cc(Cl)c1. The molecule has 3 N–H and O–H groups in total. The predicted octanol–water partition coefficient (Wildman–Crippen LogP) is 4.17. The Morgan fingerprint density at radius 1 is 1.14 bits per heavy atom. The van der Waals surface area contributed by atoms with Crippen molar-refractivity contribution in [3.63, 3.8) is 0 Å². The molecule has 0 aromatic heterocycles. The Kier molecular flexibility index (Phi) is 3.66. The number of hydrogen-bond acceptors (Lipinski definition) is 2. The van der Waals surface area contributed by atoms with Gasteiger partial charge in [-0.05, 0) is 48.4 Å². The van der Waals surface area contributed by atoms with Crippen LogP contribution in [0.4, 0.5) is 21.9 Å². The monoisotopic (exact) mass is 321 g/mol. The first-order valence-corrected chi connectivity index (χ1v) is 7.21. The van der Waals surface area contributed by atoms with E-state index in [1.165, 1.54) is 0 Å². The molecule has 0 saturated heterocycles. The minimum absolute atomic E-state index is 0.211. The molecule has 0 spiro atoms. The van der Waals surface area contributed by atoms with Crippen LogP contribution in [0.1, 0.15) is 5.56 Å². The molecule has 1 heterocycles. The van der Waals surface area contributed by atoms with Crippen molar-refractivity contribution in [2.24, 2.45) is 0 Å². The molecule has 3 rings (SSSR count). The van der Waals surface area contributed by atoms with Crippen LogP contribution < -0.4 is 16.0 Å². The van der Waals surface area contributed by atoms with Crippen LogP contribution in [0, 0.1) is 0 Å². The summed E-state index contributed by atoms with van der Waals surface area (Å²) in [4.78, 5) is 14.1. The Morgan fingerprint density at radius 2 is 1.86 bits per heavy atom. The zero-order valence-corrected chi connectivity index (χ0v) is 12.6. The van der Waals surface area contributed by atoms with Gasteiger partial charge in [0.1, 0.15) is 0 Å². The molecule has 0 fully saturated rings. The summed E-state index contributed by atoms with van der Waals surface area (Å²) >= 11 is 11.9. The van der Waals surface area contributed by atoms with Gasteiger partial charge < -0.3 is 11.1 Å². The van der Waals surface area contributed by atoms with E-state index in [1.54, 1.807) is 29.2 Å². The number of nitrogens with one attached hydrogen (secondary N) is 1. The zero-order valence-electron chi connectivity index (χ0n) is 11.1. The lowest BCUT2D eigenvalue weighted by molar-refractivity contribution is 0.257. The normalized spacial score (nSPS) is 13.1. The third kappa shape index (κ3) is 2.91. The summed E-state index contributed by atoms with van der Waals surface area (Å²) in [5.74, 6) is 0. The van der Waals surface area contributed by atoms with Crippen molar-refractivity contribution in [3.05, 3.63) is 52.0 Å². The fourth-order valence-electron chi connectivity index (χ4n) is 2.45. The average Bonchev–Trinajstić information content (AvgIpc) is 2.80. The highest BCUT2D eigenvalue weighted by Crippen LogP contribution is 2.30. The van der Waals surface area contributed by atoms with Crippen molar-refractivity contribution in [2.45, 2.75) is 6.42 Å². The maximum Gasteiger partial charge on any atom is 0.326 e. The number of urea groups is 1. The van der Waals surface area contributed by atoms with Crippen molar-refractivity contribution in [1.29, 1.82) is 0 Å². The summed E-state index contributed by atoms with van der Waals surface area (Å²) in [5, 5.41) is 3.77. The van der Waals surface area contributed by atoms with Crippen molar-refractivity contribution < 1.29 is 4.79 Å². The number of amides is 2. The Labute approximate surface area is 132 Å². The van der Waals surface area contributed by atoms with Crippen molar-refractivity contribution >= 4 is 46.3 Å². The molecule has 0 saturated carbocycles. The number of rotatable bonds is 1. The summed E-state index contributed by atoms with van der Waals surface area (Å²) in [7, 11) is 0. The number of carbonyl (C=O) groups is 1. The highest BCUT2D eigenvalue weighted by Gasteiger charge is 2.24. The van der Waals surface area contributed by atoms with Gasteiger partial charge in [-0.15, -0.1) is 0 Å². The Hall–Kier alpha value is -1.91. The lowest BCUT2D eigenvalue weighted by Crippen LogP contribution is -2.33. The van der Waals surface area contributed by atoms with Crippen LogP contribution in [-0.2, 0) is 6.42 Å². The number of fused-ring (bicyclic) bond motifs is 1. The molecular formula is C15H13Cl2N3O. The second kappa shape index (κ2) is 5.47. The number of carbonyl (C=O) groups excluding carboxylic acids is 1. The molecule has 2 amide bonds. The van der Waals surface area contributed by atoms with Gasteiger partial charge in [0.25, 0.3) is 0 Å². The van der Waals surface area contributed by atoms with Crippen LogP contribution in [-0.4, -0.2) is 12.6 Å². The quantitative estimate of drug-likeness (QED) is 0.774. The second-order valence-corrected chi connectivity index (χ2v) is 5.75. The summed E-state index contributed by atoms with van der Waals surface area (Å²) in [5.41, 5.74) is 9.00. The average molecular weight is 322 g/mol. The number of nitrogen functional groups attached to an aromatic ring is 1. The Bertz CT molecular complexity index is 698. The maximum atomic E-state index is 12.4. The van der Waals surface area contributed by atoms with E-state index >= 15 is 0 Å². The molecule has 1 aliphatic heterocycles. The summed E-state index contributed by atoms with van der Waals surface area (Å²) in [6, 6.07) is 10.3. The number of nitrogens with two attached hydrogens (primary N) is 1. The fraction of sp³-hybridized carbons (Fsp3) is 0.133. The highest BCUT2D eigenvalue weighted by molar-refractivity contribution is 6.35. The predicted molar refractivity (Wildman–Crippen MR) is 87.4 cm³/mol. The molecule has 108 valence electrons. The summed E-state index contributed by atoms with van der Waals surface area (Å²) in [6.07, 6.45) is 0.796. The second-order valence-electron chi connectivity index (χ2n) is 4.88. The van der Waals surface area contributed by atoms with E-state index in [9.17, 15) is 4.79 Å². The topological polar surface area (TPSA) is 58.4 Å². The summed E-state index contributed by atoms with van der Waals surface area (Å²) in [6.45, 7) is 0.624.